The molecule has 0 bridgehead atoms. The number of amides is 1. The van der Waals surface area contributed by atoms with E-state index < -0.39 is 0 Å². The largest absolute Gasteiger partial charge is 0.494 e. The van der Waals surface area contributed by atoms with Gasteiger partial charge >= 0.3 is 0 Å². The van der Waals surface area contributed by atoms with E-state index in [0.29, 0.717) is 22.9 Å². The summed E-state index contributed by atoms with van der Waals surface area (Å²) in [6.45, 7) is 3.82. The van der Waals surface area contributed by atoms with Gasteiger partial charge in [-0.2, -0.15) is 0 Å². The van der Waals surface area contributed by atoms with Crippen molar-refractivity contribution in [3.05, 3.63) is 70.2 Å². The van der Waals surface area contributed by atoms with E-state index >= 15 is 0 Å². The fraction of sp³-hybridized carbons (Fsp3) is 0.545. The number of hydrogen-bond donors (Lipinski definition) is 1. The number of anilines is 1. The molecule has 0 spiro atoms. The number of nitrogens with one attached hydrogen (secondary N) is 1. The van der Waals surface area contributed by atoms with Crippen molar-refractivity contribution < 1.29 is 9.53 Å². The molecule has 1 aliphatic rings. The smallest absolute Gasteiger partial charge is 0.257 e. The highest BCUT2D eigenvalue weighted by Gasteiger charge is 2.12. The van der Waals surface area contributed by atoms with Crippen LogP contribution in [0.25, 0.3) is 0 Å². The SMILES string of the molecule is CCCCCCCCCCCCCCCCOc1ccc(C(=O)Nc2ccc(CN3C=CSC3)cc2)c(Cl)c1. The summed E-state index contributed by atoms with van der Waals surface area (Å²) in [6.07, 6.45) is 20.9. The molecule has 214 valence electrons. The average molecular weight is 571 g/mol. The third-order valence-corrected chi connectivity index (χ3v) is 8.27. The number of nitrogens with zero attached hydrogens (tertiary/aromatic N) is 1. The van der Waals surface area contributed by atoms with E-state index in [1.165, 1.54) is 89.0 Å². The van der Waals surface area contributed by atoms with Gasteiger partial charge in [-0.05, 0) is 47.7 Å². The van der Waals surface area contributed by atoms with Gasteiger partial charge in [0.1, 0.15) is 5.75 Å². The Morgan fingerprint density at radius 1 is 0.872 bits per heavy atom. The van der Waals surface area contributed by atoms with Gasteiger partial charge in [-0.25, -0.2) is 0 Å². The average Bonchev–Trinajstić information content (AvgIpc) is 3.45. The summed E-state index contributed by atoms with van der Waals surface area (Å²) in [5.41, 5.74) is 2.41. The molecule has 0 saturated heterocycles. The van der Waals surface area contributed by atoms with Crippen molar-refractivity contribution in [3.63, 3.8) is 0 Å². The summed E-state index contributed by atoms with van der Waals surface area (Å²) in [5.74, 6) is 1.48. The molecule has 0 aromatic heterocycles. The van der Waals surface area contributed by atoms with Crippen LogP contribution in [0.4, 0.5) is 5.69 Å². The standard InChI is InChI=1S/C33H47ClN2O2S/c1-2-3-4-5-6-7-8-9-10-11-12-13-14-15-23-38-30-20-21-31(32(34)25-30)33(37)35-29-18-16-28(17-19-29)26-36-22-24-39-27-36/h16-22,24-25H,2-15,23,26-27H2,1H3,(H,35,37). The van der Waals surface area contributed by atoms with Gasteiger partial charge < -0.3 is 15.0 Å². The molecule has 0 radical (unpaired) electrons. The number of unbranched alkanes of at least 4 members (excludes halogenated alkanes) is 13. The molecular weight excluding hydrogens is 524 g/mol. The minimum atomic E-state index is -0.217. The Balaban J connectivity index is 1.24. The van der Waals surface area contributed by atoms with Crippen LogP contribution in [0.5, 0.6) is 5.75 Å². The van der Waals surface area contributed by atoms with Crippen molar-refractivity contribution in [2.45, 2.75) is 103 Å². The third kappa shape index (κ3) is 12.7. The molecule has 0 saturated carbocycles. The molecule has 2 aromatic rings. The second-order valence-corrected chi connectivity index (χ2v) is 11.8. The first-order valence-electron chi connectivity index (χ1n) is 15.0. The fourth-order valence-electron chi connectivity index (χ4n) is 4.79. The summed E-state index contributed by atoms with van der Waals surface area (Å²) in [4.78, 5) is 15.0. The molecule has 0 atom stereocenters. The van der Waals surface area contributed by atoms with Crippen molar-refractivity contribution in [3.8, 4) is 5.75 Å². The van der Waals surface area contributed by atoms with Gasteiger partial charge in [0.05, 0.1) is 23.1 Å². The summed E-state index contributed by atoms with van der Waals surface area (Å²) < 4.78 is 5.89. The predicted molar refractivity (Wildman–Crippen MR) is 169 cm³/mol. The van der Waals surface area contributed by atoms with Gasteiger partial charge in [-0.1, -0.05) is 114 Å². The quantitative estimate of drug-likeness (QED) is 0.161. The van der Waals surface area contributed by atoms with Gasteiger partial charge in [0.15, 0.2) is 0 Å². The van der Waals surface area contributed by atoms with Crippen LogP contribution in [-0.4, -0.2) is 23.3 Å². The first-order valence-corrected chi connectivity index (χ1v) is 16.4. The molecule has 39 heavy (non-hydrogen) atoms. The molecule has 0 unspecified atom stereocenters. The molecule has 1 aliphatic heterocycles. The van der Waals surface area contributed by atoms with Crippen LogP contribution < -0.4 is 10.1 Å². The van der Waals surface area contributed by atoms with Gasteiger partial charge in [-0.15, -0.1) is 11.8 Å². The monoisotopic (exact) mass is 570 g/mol. The van der Waals surface area contributed by atoms with Crippen molar-refractivity contribution >= 4 is 35.0 Å². The lowest BCUT2D eigenvalue weighted by Crippen LogP contribution is -2.14. The van der Waals surface area contributed by atoms with Crippen LogP contribution in [0.3, 0.4) is 0 Å². The van der Waals surface area contributed by atoms with E-state index in [9.17, 15) is 4.79 Å². The summed E-state index contributed by atoms with van der Waals surface area (Å²) in [7, 11) is 0. The molecule has 2 aromatic carbocycles. The molecule has 6 heteroatoms. The van der Waals surface area contributed by atoms with Crippen molar-refractivity contribution in [1.82, 2.24) is 4.90 Å². The number of hydrogen-bond acceptors (Lipinski definition) is 4. The lowest BCUT2D eigenvalue weighted by atomic mass is 10.0. The highest BCUT2D eigenvalue weighted by atomic mass is 35.5. The van der Waals surface area contributed by atoms with Gasteiger partial charge in [0, 0.05) is 18.4 Å². The van der Waals surface area contributed by atoms with Crippen LogP contribution in [-0.2, 0) is 6.54 Å². The van der Waals surface area contributed by atoms with Crippen LogP contribution in [0, 0.1) is 0 Å². The maximum Gasteiger partial charge on any atom is 0.257 e. The molecule has 3 rings (SSSR count). The van der Waals surface area contributed by atoms with Crippen LogP contribution in [0.1, 0.15) is 113 Å². The summed E-state index contributed by atoms with van der Waals surface area (Å²) in [6, 6.07) is 13.3. The van der Waals surface area contributed by atoms with Crippen LogP contribution in [0.2, 0.25) is 5.02 Å². The normalized spacial score (nSPS) is 12.7. The Morgan fingerprint density at radius 2 is 1.49 bits per heavy atom. The number of halogens is 1. The third-order valence-electron chi connectivity index (χ3n) is 7.16. The van der Waals surface area contributed by atoms with E-state index in [2.05, 4.69) is 28.7 Å². The highest BCUT2D eigenvalue weighted by molar-refractivity contribution is 8.02. The number of carbonyl (C=O) groups is 1. The summed E-state index contributed by atoms with van der Waals surface area (Å²) in [5, 5.41) is 5.45. The van der Waals surface area contributed by atoms with Gasteiger partial charge in [0.25, 0.3) is 5.91 Å². The molecular formula is C33H47ClN2O2S. The molecule has 0 fully saturated rings. The molecule has 0 aliphatic carbocycles. The number of thioether (sulfide) groups is 1. The Bertz CT molecular complexity index is 996. The maximum atomic E-state index is 12.8. The topological polar surface area (TPSA) is 41.6 Å². The Kier molecular flexibility index (Phi) is 15.3. The second-order valence-electron chi connectivity index (χ2n) is 10.6. The van der Waals surface area contributed by atoms with Gasteiger partial charge in [-0.3, -0.25) is 4.79 Å². The van der Waals surface area contributed by atoms with Gasteiger partial charge in [0.2, 0.25) is 0 Å². The number of carbonyl (C=O) groups excluding carboxylic acids is 1. The Hall–Kier alpha value is -2.11. The lowest BCUT2D eigenvalue weighted by Gasteiger charge is -2.15. The Labute approximate surface area is 245 Å². The van der Waals surface area contributed by atoms with E-state index in [1.807, 2.05) is 30.3 Å². The van der Waals surface area contributed by atoms with E-state index in [-0.39, 0.29) is 5.91 Å². The first kappa shape index (κ1) is 31.4. The molecule has 4 nitrogen and oxygen atoms in total. The zero-order valence-corrected chi connectivity index (χ0v) is 25.3. The van der Waals surface area contributed by atoms with Crippen molar-refractivity contribution in [2.75, 3.05) is 17.8 Å². The highest BCUT2D eigenvalue weighted by Crippen LogP contribution is 2.25. The first-order chi connectivity index (χ1) is 19.2. The van der Waals surface area contributed by atoms with Crippen molar-refractivity contribution in [1.29, 1.82) is 0 Å². The van der Waals surface area contributed by atoms with E-state index in [0.717, 1.165) is 24.5 Å². The second kappa shape index (κ2) is 19.0. The lowest BCUT2D eigenvalue weighted by molar-refractivity contribution is 0.102. The van der Waals surface area contributed by atoms with Crippen molar-refractivity contribution in [2.24, 2.45) is 0 Å². The zero-order chi connectivity index (χ0) is 27.5. The Morgan fingerprint density at radius 3 is 2.05 bits per heavy atom. The minimum absolute atomic E-state index is 0.217. The maximum absolute atomic E-state index is 12.8. The molecule has 1 amide bonds. The van der Waals surface area contributed by atoms with Crippen LogP contribution in [0.15, 0.2) is 54.1 Å². The van der Waals surface area contributed by atoms with E-state index in [1.54, 1.807) is 23.9 Å². The molecule has 1 N–H and O–H groups in total. The number of benzene rings is 2. The number of ether oxygens (including phenoxy) is 1. The number of rotatable bonds is 20. The zero-order valence-electron chi connectivity index (χ0n) is 23.8. The minimum Gasteiger partial charge on any atom is -0.494 e. The predicted octanol–water partition coefficient (Wildman–Crippen LogP) is 10.4. The summed E-state index contributed by atoms with van der Waals surface area (Å²) >= 11 is 8.22. The van der Waals surface area contributed by atoms with Crippen LogP contribution >= 0.6 is 23.4 Å². The fourth-order valence-corrected chi connectivity index (χ4v) is 5.76. The van der Waals surface area contributed by atoms with E-state index in [4.69, 9.17) is 16.3 Å². The molecule has 1 heterocycles.